The Morgan fingerprint density at radius 2 is 1.88 bits per heavy atom. The van der Waals surface area contributed by atoms with E-state index in [4.69, 9.17) is 14.9 Å². The number of carbonyl (C=O) groups excluding carboxylic acids is 2. The summed E-state index contributed by atoms with van der Waals surface area (Å²) >= 11 is 0. The van der Waals surface area contributed by atoms with Gasteiger partial charge in [-0.1, -0.05) is 6.92 Å². The third-order valence-corrected chi connectivity index (χ3v) is 2.21. The zero-order valence-electron chi connectivity index (χ0n) is 10.1. The Kier molecular flexibility index (Phi) is 8.08. The largest absolute Gasteiger partial charge is 0.441 e. The zero-order valence-corrected chi connectivity index (χ0v) is 10.1. The molecule has 7 heteroatoms. The Morgan fingerprint density at radius 1 is 1.29 bits per heavy atom. The van der Waals surface area contributed by atoms with E-state index in [0.29, 0.717) is 6.42 Å². The van der Waals surface area contributed by atoms with Gasteiger partial charge in [0.05, 0.1) is 13.2 Å². The van der Waals surface area contributed by atoms with Gasteiger partial charge in [-0.2, -0.15) is 0 Å². The van der Waals surface area contributed by atoms with Crippen molar-refractivity contribution < 1.29 is 24.5 Å². The molecule has 0 fully saturated rings. The predicted molar refractivity (Wildman–Crippen MR) is 60.3 cm³/mol. The quantitative estimate of drug-likeness (QED) is 0.461. The molecule has 1 atom stereocenters. The van der Waals surface area contributed by atoms with E-state index < -0.39 is 25.4 Å². The zero-order chi connectivity index (χ0) is 13.3. The number of ether oxygens (including phenoxy) is 1. The van der Waals surface area contributed by atoms with Crippen LogP contribution < -0.4 is 10.6 Å². The predicted octanol–water partition coefficient (Wildman–Crippen LogP) is -1.02. The molecule has 0 heterocycles. The van der Waals surface area contributed by atoms with Gasteiger partial charge in [0.2, 0.25) is 5.91 Å². The van der Waals surface area contributed by atoms with Gasteiger partial charge >= 0.3 is 6.09 Å². The summed E-state index contributed by atoms with van der Waals surface area (Å²) in [7, 11) is 1.51. The van der Waals surface area contributed by atoms with Crippen LogP contribution in [0.25, 0.3) is 0 Å². The molecule has 0 aromatic heterocycles. The van der Waals surface area contributed by atoms with Crippen LogP contribution in [0.2, 0.25) is 0 Å². The summed E-state index contributed by atoms with van der Waals surface area (Å²) in [5.74, 6) is -0.182. The summed E-state index contributed by atoms with van der Waals surface area (Å²) in [5, 5.41) is 22.4. The van der Waals surface area contributed by atoms with Crippen molar-refractivity contribution in [3.63, 3.8) is 0 Å². The van der Waals surface area contributed by atoms with Crippen LogP contribution in [0.5, 0.6) is 0 Å². The van der Waals surface area contributed by atoms with Crippen LogP contribution in [0.3, 0.4) is 0 Å². The molecule has 100 valence electrons. The SMILES string of the molecule is CCC(CC(=O)NC)NC(=O)OC(CO)CO. The number of hydrogen-bond acceptors (Lipinski definition) is 5. The van der Waals surface area contributed by atoms with Crippen molar-refractivity contribution >= 4 is 12.0 Å². The Bertz CT molecular complexity index is 243. The fourth-order valence-electron chi connectivity index (χ4n) is 1.11. The van der Waals surface area contributed by atoms with Crippen LogP contribution in [0.15, 0.2) is 0 Å². The molecule has 0 radical (unpaired) electrons. The van der Waals surface area contributed by atoms with Crippen LogP contribution in [-0.2, 0) is 9.53 Å². The molecule has 2 amide bonds. The van der Waals surface area contributed by atoms with Gasteiger partial charge in [0, 0.05) is 19.5 Å². The lowest BCUT2D eigenvalue weighted by atomic mass is 10.1. The van der Waals surface area contributed by atoms with Gasteiger partial charge in [0.15, 0.2) is 0 Å². The van der Waals surface area contributed by atoms with E-state index in [-0.39, 0.29) is 18.4 Å². The van der Waals surface area contributed by atoms with Crippen molar-refractivity contribution in [1.82, 2.24) is 10.6 Å². The number of alkyl carbamates (subject to hydrolysis) is 1. The summed E-state index contributed by atoms with van der Waals surface area (Å²) in [6.45, 7) is 0.926. The van der Waals surface area contributed by atoms with Gasteiger partial charge < -0.3 is 25.6 Å². The maximum absolute atomic E-state index is 11.3. The Balaban J connectivity index is 4.09. The van der Waals surface area contributed by atoms with E-state index in [1.165, 1.54) is 7.05 Å². The number of nitrogens with one attached hydrogen (secondary N) is 2. The number of rotatable bonds is 7. The first-order valence-electron chi connectivity index (χ1n) is 5.46. The smallest absolute Gasteiger partial charge is 0.407 e. The second kappa shape index (κ2) is 8.77. The summed E-state index contributed by atoms with van der Waals surface area (Å²) in [6.07, 6.45) is -0.961. The van der Waals surface area contributed by atoms with Crippen molar-refractivity contribution in [2.75, 3.05) is 20.3 Å². The second-order valence-corrected chi connectivity index (χ2v) is 3.52. The van der Waals surface area contributed by atoms with Crippen LogP contribution in [0.4, 0.5) is 4.79 Å². The van der Waals surface area contributed by atoms with E-state index in [9.17, 15) is 9.59 Å². The van der Waals surface area contributed by atoms with Crippen molar-refractivity contribution in [3.8, 4) is 0 Å². The highest BCUT2D eigenvalue weighted by molar-refractivity contribution is 5.77. The lowest BCUT2D eigenvalue weighted by Gasteiger charge is -2.18. The second-order valence-electron chi connectivity index (χ2n) is 3.52. The Hall–Kier alpha value is -1.34. The molecule has 0 aromatic rings. The van der Waals surface area contributed by atoms with Crippen molar-refractivity contribution in [1.29, 1.82) is 0 Å². The first-order chi connectivity index (χ1) is 8.07. The van der Waals surface area contributed by atoms with Crippen LogP contribution in [0, 0.1) is 0 Å². The molecule has 0 aliphatic heterocycles. The van der Waals surface area contributed by atoms with Gasteiger partial charge in [-0.25, -0.2) is 4.79 Å². The van der Waals surface area contributed by atoms with Crippen molar-refractivity contribution in [2.24, 2.45) is 0 Å². The van der Waals surface area contributed by atoms with E-state index in [2.05, 4.69) is 10.6 Å². The van der Waals surface area contributed by atoms with E-state index in [1.54, 1.807) is 0 Å². The number of amides is 2. The van der Waals surface area contributed by atoms with E-state index in [1.807, 2.05) is 6.92 Å². The van der Waals surface area contributed by atoms with Crippen molar-refractivity contribution in [2.45, 2.75) is 31.9 Å². The average Bonchev–Trinajstić information content (AvgIpc) is 2.34. The summed E-state index contributed by atoms with van der Waals surface area (Å²) < 4.78 is 4.71. The first-order valence-corrected chi connectivity index (χ1v) is 5.46. The highest BCUT2D eigenvalue weighted by Gasteiger charge is 2.17. The van der Waals surface area contributed by atoms with Crippen LogP contribution in [-0.4, -0.2) is 54.6 Å². The molecular formula is C10H20N2O5. The van der Waals surface area contributed by atoms with Gasteiger partial charge in [-0.3, -0.25) is 4.79 Å². The maximum Gasteiger partial charge on any atom is 0.407 e. The molecule has 0 aliphatic rings. The lowest BCUT2D eigenvalue weighted by Crippen LogP contribution is -2.41. The monoisotopic (exact) mass is 248 g/mol. The molecule has 0 aliphatic carbocycles. The molecular weight excluding hydrogens is 228 g/mol. The standard InChI is InChI=1S/C10H20N2O5/c1-3-7(4-9(15)11-2)12-10(16)17-8(5-13)6-14/h7-8,13-14H,3-6H2,1-2H3,(H,11,15)(H,12,16). The number of aliphatic hydroxyl groups excluding tert-OH is 2. The molecule has 0 rings (SSSR count). The summed E-state index contributed by atoms with van der Waals surface area (Å²) in [5.41, 5.74) is 0. The van der Waals surface area contributed by atoms with Gasteiger partial charge in [0.25, 0.3) is 0 Å². The van der Waals surface area contributed by atoms with Gasteiger partial charge in [-0.05, 0) is 6.42 Å². The third-order valence-electron chi connectivity index (χ3n) is 2.21. The number of hydrogen-bond donors (Lipinski definition) is 4. The number of aliphatic hydroxyl groups is 2. The van der Waals surface area contributed by atoms with Crippen molar-refractivity contribution in [3.05, 3.63) is 0 Å². The molecule has 1 unspecified atom stereocenters. The molecule has 0 spiro atoms. The summed E-state index contributed by atoms with van der Waals surface area (Å²) in [6, 6.07) is -0.333. The first kappa shape index (κ1) is 15.7. The number of carbonyl (C=O) groups is 2. The lowest BCUT2D eigenvalue weighted by molar-refractivity contribution is -0.121. The molecule has 0 aromatic carbocycles. The Morgan fingerprint density at radius 3 is 2.29 bits per heavy atom. The normalized spacial score (nSPS) is 12.1. The molecule has 4 N–H and O–H groups in total. The van der Waals surface area contributed by atoms with Crippen LogP contribution in [0.1, 0.15) is 19.8 Å². The van der Waals surface area contributed by atoms with Gasteiger partial charge in [0.1, 0.15) is 6.10 Å². The maximum atomic E-state index is 11.3. The van der Waals surface area contributed by atoms with Gasteiger partial charge in [-0.15, -0.1) is 0 Å². The fourth-order valence-corrected chi connectivity index (χ4v) is 1.11. The molecule has 7 nitrogen and oxygen atoms in total. The molecule has 0 saturated heterocycles. The van der Waals surface area contributed by atoms with E-state index >= 15 is 0 Å². The van der Waals surface area contributed by atoms with E-state index in [0.717, 1.165) is 0 Å². The van der Waals surface area contributed by atoms with Crippen LogP contribution >= 0.6 is 0 Å². The minimum absolute atomic E-state index is 0.158. The highest BCUT2D eigenvalue weighted by atomic mass is 16.6. The molecule has 0 bridgehead atoms. The highest BCUT2D eigenvalue weighted by Crippen LogP contribution is 1.99. The molecule has 17 heavy (non-hydrogen) atoms. The summed E-state index contributed by atoms with van der Waals surface area (Å²) in [4.78, 5) is 22.4. The fraction of sp³-hybridized carbons (Fsp3) is 0.800. The minimum atomic E-state index is -0.937. The minimum Gasteiger partial charge on any atom is -0.441 e. The topological polar surface area (TPSA) is 108 Å². The molecule has 0 saturated carbocycles. The Labute approximate surface area is 100 Å². The average molecular weight is 248 g/mol. The third kappa shape index (κ3) is 6.75.